The largest absolute Gasteiger partial charge is 0.391 e. The van der Waals surface area contributed by atoms with Crippen LogP contribution in [0, 0.1) is 6.92 Å². The number of amides is 3. The number of aromatic nitrogens is 4. The van der Waals surface area contributed by atoms with Crippen molar-refractivity contribution in [2.45, 2.75) is 51.6 Å². The Morgan fingerprint density at radius 3 is 2.58 bits per heavy atom. The number of carbonyl (C=O) groups excluding carboxylic acids is 3. The average molecular weight is 558 g/mol. The van der Waals surface area contributed by atoms with Crippen molar-refractivity contribution in [1.29, 1.82) is 0 Å². The molecule has 0 unspecified atom stereocenters. The van der Waals surface area contributed by atoms with E-state index in [1.165, 1.54) is 16.2 Å². The summed E-state index contributed by atoms with van der Waals surface area (Å²) >= 11 is 1.30. The summed E-state index contributed by atoms with van der Waals surface area (Å²) in [5.41, 5.74) is 2.90. The van der Waals surface area contributed by atoms with Crippen molar-refractivity contribution in [3.63, 3.8) is 0 Å². The summed E-state index contributed by atoms with van der Waals surface area (Å²) in [6.07, 6.45) is 2.80. The molecule has 3 amide bonds. The number of β-amino-alcohol motifs (C(OH)–C–C–N with tert-alkyl or cyclic N) is 1. The van der Waals surface area contributed by atoms with Crippen molar-refractivity contribution in [1.82, 2.24) is 25.3 Å². The second-order valence-corrected chi connectivity index (χ2v) is 10.1. The number of unbranched alkanes of at least 4 members (excludes halogenated alkanes) is 1. The molecule has 0 radical (unpaired) electrons. The Hall–Kier alpha value is -3.42. The zero-order valence-electron chi connectivity index (χ0n) is 21.0. The van der Waals surface area contributed by atoms with E-state index in [1.54, 1.807) is 6.07 Å². The van der Waals surface area contributed by atoms with Crippen LogP contribution in [0.3, 0.4) is 0 Å². The lowest BCUT2D eigenvalue weighted by Gasteiger charge is -2.14. The van der Waals surface area contributed by atoms with Crippen LogP contribution < -0.4 is 10.6 Å². The maximum atomic E-state index is 12.2. The molecule has 202 valence electrons. The van der Waals surface area contributed by atoms with Gasteiger partial charge in [-0.25, -0.2) is 0 Å². The molecule has 11 nitrogen and oxygen atoms in total. The molecular weight excluding hydrogens is 526 g/mol. The molecule has 3 heterocycles. The minimum Gasteiger partial charge on any atom is -0.391 e. The topological polar surface area (TPSA) is 150 Å². The van der Waals surface area contributed by atoms with Crippen LogP contribution in [0.4, 0.5) is 10.9 Å². The normalized spacial score (nSPS) is 14.7. The number of likely N-dealkylation sites (tertiary alicyclic amines) is 1. The number of aliphatic hydroxyl groups excluding tert-OH is 1. The van der Waals surface area contributed by atoms with E-state index in [4.69, 9.17) is 0 Å². The summed E-state index contributed by atoms with van der Waals surface area (Å²) in [5, 5.41) is 32.6. The second kappa shape index (κ2) is 13.9. The summed E-state index contributed by atoms with van der Waals surface area (Å²) in [7, 11) is 0. The predicted molar refractivity (Wildman–Crippen MR) is 148 cm³/mol. The van der Waals surface area contributed by atoms with Gasteiger partial charge in [-0.2, -0.15) is 18.6 Å². The van der Waals surface area contributed by atoms with Crippen molar-refractivity contribution in [2.75, 3.05) is 23.7 Å². The van der Waals surface area contributed by atoms with Gasteiger partial charge in [-0.3, -0.25) is 19.7 Å². The standard InChI is InChI=1S/C25H29N7O4S.H2S/c1-16-5-4-6-17(11-16)12-21(34)26-20-10-9-18(28-29-20)7-2-3-8-23-30-31-25(37-23)27-22(35)15-32-14-19(33)13-24(32)36;/h4-6,9-11,19,33H,2-3,7-8,12-15H2,1H3,(H,26,29,34)(H,27,31,35);1H2/t19-;/m0./s1. The Bertz CT molecular complexity index is 1250. The average Bonchev–Trinajstić information content (AvgIpc) is 3.42. The van der Waals surface area contributed by atoms with Crippen molar-refractivity contribution < 1.29 is 19.5 Å². The summed E-state index contributed by atoms with van der Waals surface area (Å²) in [5.74, 6) is -0.306. The van der Waals surface area contributed by atoms with Crippen LogP contribution in [-0.4, -0.2) is 67.3 Å². The van der Waals surface area contributed by atoms with E-state index in [0.29, 0.717) is 17.4 Å². The molecule has 0 aliphatic carbocycles. The van der Waals surface area contributed by atoms with Crippen LogP contribution >= 0.6 is 24.8 Å². The Morgan fingerprint density at radius 1 is 1.05 bits per heavy atom. The lowest BCUT2D eigenvalue weighted by Crippen LogP contribution is -2.34. The Morgan fingerprint density at radius 2 is 1.87 bits per heavy atom. The fourth-order valence-corrected chi connectivity index (χ4v) is 4.78. The quantitative estimate of drug-likeness (QED) is 0.303. The van der Waals surface area contributed by atoms with Gasteiger partial charge in [0.05, 0.1) is 24.6 Å². The van der Waals surface area contributed by atoms with Gasteiger partial charge < -0.3 is 15.3 Å². The molecule has 3 aromatic rings. The molecule has 4 rings (SSSR count). The monoisotopic (exact) mass is 557 g/mol. The van der Waals surface area contributed by atoms with E-state index in [-0.39, 0.29) is 57.1 Å². The third-order valence-corrected chi connectivity index (χ3v) is 6.65. The van der Waals surface area contributed by atoms with Crippen LogP contribution in [0.5, 0.6) is 0 Å². The fraction of sp³-hybridized carbons (Fsp3) is 0.400. The van der Waals surface area contributed by atoms with Gasteiger partial charge in [-0.05, 0) is 43.9 Å². The number of nitrogens with one attached hydrogen (secondary N) is 2. The summed E-state index contributed by atoms with van der Waals surface area (Å²) < 4.78 is 0. The van der Waals surface area contributed by atoms with Gasteiger partial charge in [-0.1, -0.05) is 41.2 Å². The van der Waals surface area contributed by atoms with E-state index in [9.17, 15) is 19.5 Å². The number of rotatable bonds is 11. The van der Waals surface area contributed by atoms with Gasteiger partial charge in [-0.15, -0.1) is 15.3 Å². The predicted octanol–water partition coefficient (Wildman–Crippen LogP) is 2.03. The van der Waals surface area contributed by atoms with E-state index in [2.05, 4.69) is 31.0 Å². The highest BCUT2D eigenvalue weighted by atomic mass is 32.1. The second-order valence-electron chi connectivity index (χ2n) is 9.01. The third-order valence-electron chi connectivity index (χ3n) is 5.75. The van der Waals surface area contributed by atoms with Gasteiger partial charge in [0, 0.05) is 13.0 Å². The summed E-state index contributed by atoms with van der Waals surface area (Å²) in [6.45, 7) is 2.05. The highest BCUT2D eigenvalue weighted by Gasteiger charge is 2.29. The van der Waals surface area contributed by atoms with Crippen molar-refractivity contribution in [3.8, 4) is 0 Å². The van der Waals surface area contributed by atoms with Gasteiger partial charge >= 0.3 is 0 Å². The number of hydrogen-bond donors (Lipinski definition) is 3. The number of aliphatic hydroxyl groups is 1. The number of hydrogen-bond acceptors (Lipinski definition) is 9. The molecular formula is C25H31N7O4S2. The fourth-order valence-electron chi connectivity index (χ4n) is 3.98. The molecule has 0 saturated carbocycles. The van der Waals surface area contributed by atoms with Crippen LogP contribution in [0.1, 0.15) is 41.1 Å². The van der Waals surface area contributed by atoms with Crippen LogP contribution in [0.2, 0.25) is 0 Å². The Labute approximate surface area is 231 Å². The molecule has 1 aliphatic rings. The number of anilines is 2. The number of benzene rings is 1. The number of aryl methyl sites for hydroxylation is 3. The van der Waals surface area contributed by atoms with Crippen molar-refractivity contribution >= 4 is 53.5 Å². The molecule has 0 bridgehead atoms. The molecule has 1 fully saturated rings. The van der Waals surface area contributed by atoms with Crippen LogP contribution in [0.15, 0.2) is 36.4 Å². The van der Waals surface area contributed by atoms with E-state index in [0.717, 1.165) is 41.1 Å². The number of carbonyl (C=O) groups is 3. The SMILES string of the molecule is Cc1cccc(CC(=O)Nc2ccc(CCCCc3nnc(NC(=O)CN4C[C@@H](O)CC4=O)s3)nn2)c1.S. The molecule has 1 aliphatic heterocycles. The Balaban J connectivity index is 0.00000400. The van der Waals surface area contributed by atoms with Gasteiger partial charge in [0.2, 0.25) is 22.9 Å². The van der Waals surface area contributed by atoms with Gasteiger partial charge in [0.1, 0.15) is 11.6 Å². The highest BCUT2D eigenvalue weighted by Crippen LogP contribution is 2.18. The molecule has 38 heavy (non-hydrogen) atoms. The molecule has 1 aromatic carbocycles. The molecule has 3 N–H and O–H groups in total. The van der Waals surface area contributed by atoms with Crippen LogP contribution in [0.25, 0.3) is 0 Å². The zero-order chi connectivity index (χ0) is 26.2. The van der Waals surface area contributed by atoms with Gasteiger partial charge in [0.25, 0.3) is 0 Å². The maximum Gasteiger partial charge on any atom is 0.245 e. The van der Waals surface area contributed by atoms with Crippen molar-refractivity contribution in [3.05, 3.63) is 58.2 Å². The summed E-state index contributed by atoms with van der Waals surface area (Å²) in [4.78, 5) is 37.4. The van der Waals surface area contributed by atoms with E-state index < -0.39 is 6.10 Å². The maximum absolute atomic E-state index is 12.2. The smallest absolute Gasteiger partial charge is 0.245 e. The third kappa shape index (κ3) is 8.85. The molecule has 1 saturated heterocycles. The van der Waals surface area contributed by atoms with Crippen molar-refractivity contribution in [2.24, 2.45) is 0 Å². The van der Waals surface area contributed by atoms with Crippen LogP contribution in [-0.2, 0) is 33.6 Å². The van der Waals surface area contributed by atoms with Gasteiger partial charge in [0.15, 0.2) is 5.82 Å². The Kier molecular flexibility index (Phi) is 10.7. The summed E-state index contributed by atoms with van der Waals surface area (Å²) in [6, 6.07) is 11.4. The zero-order valence-corrected chi connectivity index (χ0v) is 22.8. The minimum absolute atomic E-state index is 0. The molecule has 2 aromatic heterocycles. The lowest BCUT2D eigenvalue weighted by atomic mass is 10.1. The minimum atomic E-state index is -0.715. The molecule has 13 heteroatoms. The first-order valence-corrected chi connectivity index (χ1v) is 12.9. The highest BCUT2D eigenvalue weighted by molar-refractivity contribution is 7.59. The number of nitrogens with zero attached hydrogens (tertiary/aromatic N) is 5. The van der Waals surface area contributed by atoms with E-state index >= 15 is 0 Å². The van der Waals surface area contributed by atoms with E-state index in [1.807, 2.05) is 37.3 Å². The first kappa shape index (κ1) is 29.1. The molecule has 0 spiro atoms. The first-order chi connectivity index (χ1) is 17.8. The molecule has 1 atom stereocenters. The lowest BCUT2D eigenvalue weighted by molar-refractivity contribution is -0.131. The first-order valence-electron chi connectivity index (χ1n) is 12.1.